The average Bonchev–Trinajstić information content (AvgIpc) is 2.27. The topological polar surface area (TPSA) is 63.4 Å². The fourth-order valence-electron chi connectivity index (χ4n) is 1.90. The van der Waals surface area contributed by atoms with Gasteiger partial charge in [-0.3, -0.25) is 14.5 Å². The molecule has 2 N–H and O–H groups in total. The van der Waals surface area contributed by atoms with E-state index < -0.39 is 5.91 Å². The van der Waals surface area contributed by atoms with Gasteiger partial charge in [-0.15, -0.1) is 0 Å². The summed E-state index contributed by atoms with van der Waals surface area (Å²) in [6.45, 7) is 5.05. The molecule has 0 aliphatic heterocycles. The van der Waals surface area contributed by atoms with E-state index in [2.05, 4.69) is 15.9 Å². The van der Waals surface area contributed by atoms with E-state index >= 15 is 0 Å². The number of rotatable bonds is 7. The van der Waals surface area contributed by atoms with Gasteiger partial charge < -0.3 is 5.73 Å². The van der Waals surface area contributed by atoms with Gasteiger partial charge in [-0.2, -0.15) is 0 Å². The number of halogens is 1. The third kappa shape index (κ3) is 5.53. The maximum absolute atomic E-state index is 12.2. The summed E-state index contributed by atoms with van der Waals surface area (Å²) < 4.78 is 0.767. The summed E-state index contributed by atoms with van der Waals surface area (Å²) in [6, 6.07) is 7.27. The molecule has 0 aromatic heterocycles. The Balaban J connectivity index is 2.75. The summed E-state index contributed by atoms with van der Waals surface area (Å²) in [5, 5.41) is 0. The molecule has 0 spiro atoms. The first kappa shape index (κ1) is 15.9. The summed E-state index contributed by atoms with van der Waals surface area (Å²) in [7, 11) is 0. The number of nitrogens with zero attached hydrogens (tertiary/aromatic N) is 1. The highest BCUT2D eigenvalue weighted by Crippen LogP contribution is 2.17. The predicted molar refractivity (Wildman–Crippen MR) is 78.9 cm³/mol. The van der Waals surface area contributed by atoms with E-state index in [-0.39, 0.29) is 18.9 Å². The number of Topliss-reactive ketones (excluding diaryl/α,β-unsaturated/α-hetero) is 1. The van der Waals surface area contributed by atoms with Crippen molar-refractivity contribution in [3.63, 3.8) is 0 Å². The molecule has 0 fully saturated rings. The highest BCUT2D eigenvalue weighted by molar-refractivity contribution is 9.10. The predicted octanol–water partition coefficient (Wildman–Crippen LogP) is 2.08. The van der Waals surface area contributed by atoms with Crippen molar-refractivity contribution in [3.8, 4) is 0 Å². The highest BCUT2D eigenvalue weighted by Gasteiger charge is 2.17. The van der Waals surface area contributed by atoms with Crippen molar-refractivity contribution >= 4 is 27.6 Å². The van der Waals surface area contributed by atoms with E-state index in [9.17, 15) is 9.59 Å². The fraction of sp³-hybridized carbons (Fsp3) is 0.429. The van der Waals surface area contributed by atoms with Gasteiger partial charge in [-0.05, 0) is 12.0 Å². The standard InChI is InChI=1S/C14H19BrN2O2/c1-10(2)7-17(9-14(16)19)8-13(18)11-5-3-4-6-12(11)15/h3-6,10H,7-9H2,1-2H3,(H2,16,19). The van der Waals surface area contributed by atoms with E-state index in [0.717, 1.165) is 4.47 Å². The van der Waals surface area contributed by atoms with Crippen LogP contribution in [0.1, 0.15) is 24.2 Å². The largest absolute Gasteiger partial charge is 0.369 e. The lowest BCUT2D eigenvalue weighted by atomic mass is 10.1. The van der Waals surface area contributed by atoms with Crippen LogP contribution in [0.2, 0.25) is 0 Å². The Morgan fingerprint density at radius 1 is 1.26 bits per heavy atom. The molecule has 1 amide bonds. The lowest BCUT2D eigenvalue weighted by molar-refractivity contribution is -0.119. The number of amides is 1. The van der Waals surface area contributed by atoms with Crippen molar-refractivity contribution in [1.82, 2.24) is 4.90 Å². The summed E-state index contributed by atoms with van der Waals surface area (Å²) >= 11 is 3.36. The molecule has 0 saturated carbocycles. The number of carbonyl (C=O) groups is 2. The van der Waals surface area contributed by atoms with Crippen molar-refractivity contribution in [3.05, 3.63) is 34.3 Å². The van der Waals surface area contributed by atoms with Gasteiger partial charge in [0.1, 0.15) is 0 Å². The van der Waals surface area contributed by atoms with Gasteiger partial charge in [0.05, 0.1) is 13.1 Å². The molecular formula is C14H19BrN2O2. The molecule has 1 rings (SSSR count). The third-order valence-corrected chi connectivity index (χ3v) is 3.24. The molecule has 0 saturated heterocycles. The van der Waals surface area contributed by atoms with E-state index in [0.29, 0.717) is 18.0 Å². The lowest BCUT2D eigenvalue weighted by Crippen LogP contribution is -2.39. The number of carbonyl (C=O) groups excluding carboxylic acids is 2. The second-order valence-corrected chi connectivity index (χ2v) is 5.79. The van der Waals surface area contributed by atoms with Gasteiger partial charge in [0, 0.05) is 16.6 Å². The Labute approximate surface area is 122 Å². The zero-order valence-electron chi connectivity index (χ0n) is 11.2. The molecular weight excluding hydrogens is 308 g/mol. The van der Waals surface area contributed by atoms with Crippen molar-refractivity contribution in [2.45, 2.75) is 13.8 Å². The number of benzene rings is 1. The monoisotopic (exact) mass is 326 g/mol. The average molecular weight is 327 g/mol. The Morgan fingerprint density at radius 2 is 1.89 bits per heavy atom. The minimum absolute atomic E-state index is 0.0191. The molecule has 19 heavy (non-hydrogen) atoms. The van der Waals surface area contributed by atoms with Crippen LogP contribution >= 0.6 is 15.9 Å². The van der Waals surface area contributed by atoms with Gasteiger partial charge in [-0.1, -0.05) is 48.0 Å². The van der Waals surface area contributed by atoms with Gasteiger partial charge in [-0.25, -0.2) is 0 Å². The van der Waals surface area contributed by atoms with E-state index in [1.165, 1.54) is 0 Å². The second-order valence-electron chi connectivity index (χ2n) is 4.93. The molecule has 1 aromatic rings. The molecule has 0 aliphatic carbocycles. The zero-order valence-corrected chi connectivity index (χ0v) is 12.8. The maximum Gasteiger partial charge on any atom is 0.231 e. The Morgan fingerprint density at radius 3 is 2.42 bits per heavy atom. The molecule has 1 aromatic carbocycles. The van der Waals surface area contributed by atoms with E-state index in [4.69, 9.17) is 5.73 Å². The smallest absolute Gasteiger partial charge is 0.231 e. The maximum atomic E-state index is 12.2. The molecule has 4 nitrogen and oxygen atoms in total. The molecule has 0 heterocycles. The number of ketones is 1. The molecule has 0 bridgehead atoms. The lowest BCUT2D eigenvalue weighted by Gasteiger charge is -2.22. The number of nitrogens with two attached hydrogens (primary N) is 1. The summed E-state index contributed by atoms with van der Waals surface area (Å²) in [4.78, 5) is 25.0. The number of hydrogen-bond donors (Lipinski definition) is 1. The van der Waals surface area contributed by atoms with Crippen LogP contribution in [0.3, 0.4) is 0 Å². The summed E-state index contributed by atoms with van der Waals surface area (Å²) in [6.07, 6.45) is 0. The van der Waals surface area contributed by atoms with Crippen LogP contribution < -0.4 is 5.73 Å². The third-order valence-electron chi connectivity index (χ3n) is 2.54. The van der Waals surface area contributed by atoms with Crippen LogP contribution in [0.5, 0.6) is 0 Å². The highest BCUT2D eigenvalue weighted by atomic mass is 79.9. The van der Waals surface area contributed by atoms with Crippen LogP contribution in [-0.2, 0) is 4.79 Å². The minimum Gasteiger partial charge on any atom is -0.369 e. The first-order chi connectivity index (χ1) is 8.90. The minimum atomic E-state index is -0.416. The van der Waals surface area contributed by atoms with Crippen molar-refractivity contribution in [2.75, 3.05) is 19.6 Å². The first-order valence-corrected chi connectivity index (χ1v) is 6.97. The molecule has 0 radical (unpaired) electrons. The SMILES string of the molecule is CC(C)CN(CC(N)=O)CC(=O)c1ccccc1Br. The molecule has 0 aliphatic rings. The first-order valence-electron chi connectivity index (χ1n) is 6.18. The van der Waals surface area contributed by atoms with E-state index in [1.54, 1.807) is 11.0 Å². The molecule has 0 atom stereocenters. The van der Waals surface area contributed by atoms with Gasteiger partial charge in [0.2, 0.25) is 5.91 Å². The number of hydrogen-bond acceptors (Lipinski definition) is 3. The molecule has 0 unspecified atom stereocenters. The van der Waals surface area contributed by atoms with Crippen LogP contribution in [0.4, 0.5) is 0 Å². The van der Waals surface area contributed by atoms with Crippen molar-refractivity contribution < 1.29 is 9.59 Å². The van der Waals surface area contributed by atoms with Crippen LogP contribution in [0, 0.1) is 5.92 Å². The molecule has 104 valence electrons. The van der Waals surface area contributed by atoms with Crippen molar-refractivity contribution in [2.24, 2.45) is 11.7 Å². The van der Waals surface area contributed by atoms with Gasteiger partial charge >= 0.3 is 0 Å². The normalized spacial score (nSPS) is 11.0. The van der Waals surface area contributed by atoms with Crippen LogP contribution in [0.15, 0.2) is 28.7 Å². The van der Waals surface area contributed by atoms with Crippen molar-refractivity contribution in [1.29, 1.82) is 0 Å². The van der Waals surface area contributed by atoms with Crippen LogP contribution in [-0.4, -0.2) is 36.2 Å². The second kappa shape index (κ2) is 7.40. The quantitative estimate of drug-likeness (QED) is 0.780. The number of primary amides is 1. The van der Waals surface area contributed by atoms with Gasteiger partial charge in [0.15, 0.2) is 5.78 Å². The zero-order chi connectivity index (χ0) is 14.4. The summed E-state index contributed by atoms with van der Waals surface area (Å²) in [5.41, 5.74) is 5.84. The summed E-state index contributed by atoms with van der Waals surface area (Å²) in [5.74, 6) is -0.0682. The Kier molecular flexibility index (Phi) is 6.18. The van der Waals surface area contributed by atoms with Gasteiger partial charge in [0.25, 0.3) is 0 Å². The Hall–Kier alpha value is -1.20. The van der Waals surface area contributed by atoms with E-state index in [1.807, 2.05) is 32.0 Å². The molecule has 5 heteroatoms. The fourth-order valence-corrected chi connectivity index (χ4v) is 2.40. The Bertz CT molecular complexity index is 461. The van der Waals surface area contributed by atoms with Crippen LogP contribution in [0.25, 0.3) is 0 Å².